The SMILES string of the molecule is O=C(CCCc1nc(-c2ccc(F)cc2)no1)NCc1cccs1. The van der Waals surface area contributed by atoms with Crippen LogP contribution in [0.15, 0.2) is 46.3 Å². The first kappa shape index (κ1) is 16.3. The minimum Gasteiger partial charge on any atom is -0.351 e. The molecule has 0 spiro atoms. The predicted octanol–water partition coefficient (Wildman–Crippen LogP) is 3.58. The zero-order chi connectivity index (χ0) is 16.8. The highest BCUT2D eigenvalue weighted by Gasteiger charge is 2.10. The van der Waals surface area contributed by atoms with E-state index in [1.165, 1.54) is 12.1 Å². The molecule has 124 valence electrons. The molecule has 0 aliphatic rings. The average molecular weight is 345 g/mol. The highest BCUT2D eigenvalue weighted by Crippen LogP contribution is 2.16. The number of hydrogen-bond acceptors (Lipinski definition) is 5. The Morgan fingerprint density at radius 3 is 2.83 bits per heavy atom. The summed E-state index contributed by atoms with van der Waals surface area (Å²) < 4.78 is 18.1. The number of nitrogens with zero attached hydrogens (tertiary/aromatic N) is 2. The molecular weight excluding hydrogens is 329 g/mol. The minimum atomic E-state index is -0.309. The molecule has 24 heavy (non-hydrogen) atoms. The van der Waals surface area contributed by atoms with Crippen LogP contribution in [0.2, 0.25) is 0 Å². The van der Waals surface area contributed by atoms with Crippen molar-refractivity contribution in [2.24, 2.45) is 0 Å². The highest BCUT2D eigenvalue weighted by molar-refractivity contribution is 7.09. The first-order valence-electron chi connectivity index (χ1n) is 7.58. The molecule has 0 bridgehead atoms. The molecule has 7 heteroatoms. The lowest BCUT2D eigenvalue weighted by molar-refractivity contribution is -0.121. The van der Waals surface area contributed by atoms with Crippen molar-refractivity contribution < 1.29 is 13.7 Å². The zero-order valence-corrected chi connectivity index (χ0v) is 13.7. The van der Waals surface area contributed by atoms with Gasteiger partial charge in [-0.15, -0.1) is 11.3 Å². The lowest BCUT2D eigenvalue weighted by atomic mass is 10.2. The van der Waals surface area contributed by atoms with E-state index in [-0.39, 0.29) is 11.7 Å². The number of aromatic nitrogens is 2. The molecule has 2 aromatic heterocycles. The standard InChI is InChI=1S/C17H16FN3O2S/c18-13-8-6-12(7-9-13)17-20-16(23-21-17)5-1-4-15(22)19-11-14-3-2-10-24-14/h2-3,6-10H,1,4-5,11H2,(H,19,22). The highest BCUT2D eigenvalue weighted by atomic mass is 32.1. The molecular formula is C17H16FN3O2S. The molecule has 0 aliphatic heterocycles. The fraction of sp³-hybridized carbons (Fsp3) is 0.235. The fourth-order valence-corrected chi connectivity index (χ4v) is 2.80. The van der Waals surface area contributed by atoms with Gasteiger partial charge in [0.2, 0.25) is 17.6 Å². The van der Waals surface area contributed by atoms with E-state index in [0.29, 0.717) is 43.1 Å². The summed E-state index contributed by atoms with van der Waals surface area (Å²) in [5.74, 6) is 0.588. The van der Waals surface area contributed by atoms with E-state index in [1.54, 1.807) is 23.5 Å². The molecule has 0 unspecified atom stereocenters. The van der Waals surface area contributed by atoms with Crippen LogP contribution in [0.1, 0.15) is 23.6 Å². The molecule has 3 aromatic rings. The van der Waals surface area contributed by atoms with E-state index < -0.39 is 0 Å². The topological polar surface area (TPSA) is 68.0 Å². The second-order valence-corrected chi connectivity index (χ2v) is 6.26. The van der Waals surface area contributed by atoms with E-state index in [4.69, 9.17) is 4.52 Å². The minimum absolute atomic E-state index is 0.00155. The molecule has 0 fully saturated rings. The van der Waals surface area contributed by atoms with Gasteiger partial charge in [-0.25, -0.2) is 4.39 Å². The summed E-state index contributed by atoms with van der Waals surface area (Å²) in [4.78, 5) is 17.2. The normalized spacial score (nSPS) is 10.7. The second-order valence-electron chi connectivity index (χ2n) is 5.23. The quantitative estimate of drug-likeness (QED) is 0.711. The summed E-state index contributed by atoms with van der Waals surface area (Å²) in [7, 11) is 0. The number of hydrogen-bond donors (Lipinski definition) is 1. The van der Waals surface area contributed by atoms with Crippen molar-refractivity contribution in [1.82, 2.24) is 15.5 Å². The van der Waals surface area contributed by atoms with Crippen LogP contribution in [0.4, 0.5) is 4.39 Å². The van der Waals surface area contributed by atoms with Gasteiger partial charge in [-0.3, -0.25) is 4.79 Å². The second kappa shape index (κ2) is 7.83. The number of nitrogens with one attached hydrogen (secondary N) is 1. The Bertz CT molecular complexity index is 785. The van der Waals surface area contributed by atoms with Crippen molar-refractivity contribution in [1.29, 1.82) is 0 Å². The number of aryl methyl sites for hydroxylation is 1. The maximum Gasteiger partial charge on any atom is 0.226 e. The van der Waals surface area contributed by atoms with Gasteiger partial charge < -0.3 is 9.84 Å². The van der Waals surface area contributed by atoms with Crippen molar-refractivity contribution in [3.8, 4) is 11.4 Å². The Kier molecular flexibility index (Phi) is 5.32. The Labute approximate surface area is 142 Å². The van der Waals surface area contributed by atoms with E-state index in [9.17, 15) is 9.18 Å². The number of thiophene rings is 1. The van der Waals surface area contributed by atoms with E-state index >= 15 is 0 Å². The number of carbonyl (C=O) groups excluding carboxylic acids is 1. The molecule has 0 radical (unpaired) electrons. The van der Waals surface area contributed by atoms with Crippen LogP contribution in [-0.2, 0) is 17.8 Å². The summed E-state index contributed by atoms with van der Waals surface area (Å²) in [6.45, 7) is 0.561. The summed E-state index contributed by atoms with van der Waals surface area (Å²) in [6.07, 6.45) is 1.56. The Hall–Kier alpha value is -2.54. The predicted molar refractivity (Wildman–Crippen MR) is 88.8 cm³/mol. The van der Waals surface area contributed by atoms with Crippen molar-refractivity contribution in [3.05, 3.63) is 58.4 Å². The van der Waals surface area contributed by atoms with Gasteiger partial charge in [0, 0.05) is 23.3 Å². The number of benzene rings is 1. The number of halogens is 1. The van der Waals surface area contributed by atoms with Gasteiger partial charge in [0.1, 0.15) is 5.82 Å². The maximum atomic E-state index is 12.9. The Morgan fingerprint density at radius 1 is 1.25 bits per heavy atom. The first-order valence-corrected chi connectivity index (χ1v) is 8.46. The molecule has 1 amide bonds. The van der Waals surface area contributed by atoms with E-state index in [0.717, 1.165) is 4.88 Å². The van der Waals surface area contributed by atoms with Crippen molar-refractivity contribution in [2.45, 2.75) is 25.8 Å². The molecule has 0 aliphatic carbocycles. The van der Waals surface area contributed by atoms with Crippen LogP contribution >= 0.6 is 11.3 Å². The third kappa shape index (κ3) is 4.48. The van der Waals surface area contributed by atoms with Crippen LogP contribution < -0.4 is 5.32 Å². The largest absolute Gasteiger partial charge is 0.351 e. The van der Waals surface area contributed by atoms with Crippen LogP contribution in [0.5, 0.6) is 0 Å². The van der Waals surface area contributed by atoms with Crippen molar-refractivity contribution >= 4 is 17.2 Å². The monoisotopic (exact) mass is 345 g/mol. The van der Waals surface area contributed by atoms with Gasteiger partial charge in [-0.2, -0.15) is 4.98 Å². The zero-order valence-electron chi connectivity index (χ0n) is 12.9. The summed E-state index contributed by atoms with van der Waals surface area (Å²) in [6, 6.07) is 9.84. The third-order valence-electron chi connectivity index (χ3n) is 3.40. The van der Waals surface area contributed by atoms with E-state index in [1.807, 2.05) is 17.5 Å². The van der Waals surface area contributed by atoms with Crippen LogP contribution in [0, 0.1) is 5.82 Å². The third-order valence-corrected chi connectivity index (χ3v) is 4.28. The van der Waals surface area contributed by atoms with Gasteiger partial charge in [-0.05, 0) is 42.1 Å². The lowest BCUT2D eigenvalue weighted by Gasteiger charge is -2.02. The Balaban J connectivity index is 1.43. The van der Waals surface area contributed by atoms with Gasteiger partial charge in [-0.1, -0.05) is 11.2 Å². The smallest absolute Gasteiger partial charge is 0.226 e. The lowest BCUT2D eigenvalue weighted by Crippen LogP contribution is -2.21. The number of rotatable bonds is 7. The van der Waals surface area contributed by atoms with Gasteiger partial charge in [0.25, 0.3) is 0 Å². The molecule has 0 atom stereocenters. The first-order chi connectivity index (χ1) is 11.7. The molecule has 1 N–H and O–H groups in total. The molecule has 2 heterocycles. The fourth-order valence-electron chi connectivity index (χ4n) is 2.16. The maximum absolute atomic E-state index is 12.9. The molecule has 1 aromatic carbocycles. The average Bonchev–Trinajstić information content (AvgIpc) is 3.25. The molecule has 5 nitrogen and oxygen atoms in total. The van der Waals surface area contributed by atoms with Crippen molar-refractivity contribution in [2.75, 3.05) is 0 Å². The van der Waals surface area contributed by atoms with Crippen LogP contribution in [0.3, 0.4) is 0 Å². The van der Waals surface area contributed by atoms with E-state index in [2.05, 4.69) is 15.5 Å². The molecule has 0 saturated heterocycles. The van der Waals surface area contributed by atoms with Gasteiger partial charge >= 0.3 is 0 Å². The van der Waals surface area contributed by atoms with Gasteiger partial charge in [0.15, 0.2) is 0 Å². The number of carbonyl (C=O) groups is 1. The van der Waals surface area contributed by atoms with Gasteiger partial charge in [0.05, 0.1) is 6.54 Å². The van der Waals surface area contributed by atoms with Crippen LogP contribution in [0.25, 0.3) is 11.4 Å². The summed E-state index contributed by atoms with van der Waals surface area (Å²) in [5, 5.41) is 8.74. The van der Waals surface area contributed by atoms with Crippen molar-refractivity contribution in [3.63, 3.8) is 0 Å². The number of amides is 1. The Morgan fingerprint density at radius 2 is 2.08 bits per heavy atom. The summed E-state index contributed by atoms with van der Waals surface area (Å²) in [5.41, 5.74) is 0.695. The summed E-state index contributed by atoms with van der Waals surface area (Å²) >= 11 is 1.62. The molecule has 0 saturated carbocycles. The van der Waals surface area contributed by atoms with Crippen LogP contribution in [-0.4, -0.2) is 16.0 Å². The molecule has 3 rings (SSSR count).